The van der Waals surface area contributed by atoms with Crippen LogP contribution < -0.4 is 18.7 Å². The van der Waals surface area contributed by atoms with Gasteiger partial charge in [-0.05, 0) is 0 Å². The Bertz CT molecular complexity index is 821. The van der Waals surface area contributed by atoms with E-state index in [1.807, 2.05) is 37.3 Å². The number of rotatable bonds is 7. The van der Waals surface area contributed by atoms with Crippen molar-refractivity contribution in [3.05, 3.63) is 51.5 Å². The molecule has 0 bridgehead atoms. The van der Waals surface area contributed by atoms with E-state index in [0.717, 1.165) is 20.2 Å². The number of hydrogen-bond acceptors (Lipinski definition) is 4. The third-order valence-electron chi connectivity index (χ3n) is 3.86. The number of halogens is 1. The average molecular weight is 484 g/mol. The van der Waals surface area contributed by atoms with Crippen LogP contribution in [0.2, 0.25) is 5.82 Å². The zero-order valence-corrected chi connectivity index (χ0v) is 18.7. The van der Waals surface area contributed by atoms with E-state index in [4.69, 9.17) is 14.2 Å². The zero-order valence-electron chi connectivity index (χ0n) is 15.4. The van der Waals surface area contributed by atoms with Crippen molar-refractivity contribution in [1.82, 2.24) is 0 Å². The van der Waals surface area contributed by atoms with Crippen LogP contribution in [0.1, 0.15) is 22.8 Å². The van der Waals surface area contributed by atoms with E-state index in [0.29, 0.717) is 22.6 Å². The maximum atomic E-state index is 12.9. The second-order valence-corrected chi connectivity index (χ2v) is 8.09. The van der Waals surface area contributed by atoms with Crippen molar-refractivity contribution in [2.24, 2.45) is 0 Å². The average Bonchev–Trinajstić information content (AvgIpc) is 2.67. The van der Waals surface area contributed by atoms with E-state index in [1.54, 1.807) is 27.4 Å². The first-order valence-electron chi connectivity index (χ1n) is 7.81. The van der Waals surface area contributed by atoms with Gasteiger partial charge in [-0.15, -0.1) is 0 Å². The molecular weight excluding hydrogens is 463 g/mol. The van der Waals surface area contributed by atoms with Crippen LogP contribution in [0.25, 0.3) is 6.08 Å². The fraction of sp³-hybridized carbons (Fsp3) is 0.250. The number of carbonyl (C=O) groups excluding carboxylic acids is 1. The first kappa shape index (κ1) is 20.6. The van der Waals surface area contributed by atoms with Crippen LogP contribution in [0.3, 0.4) is 0 Å². The van der Waals surface area contributed by atoms with Crippen LogP contribution in [0.15, 0.2) is 40.4 Å². The minimum atomic E-state index is -0.0424. The fourth-order valence-corrected chi connectivity index (χ4v) is 4.25. The van der Waals surface area contributed by atoms with Crippen LogP contribution in [-0.4, -0.2) is 42.1 Å². The van der Waals surface area contributed by atoms with Crippen molar-refractivity contribution in [2.75, 3.05) is 21.3 Å². The second-order valence-electron chi connectivity index (χ2n) is 5.46. The summed E-state index contributed by atoms with van der Waals surface area (Å²) >= 11 is 3.69. The molecule has 2 aromatic rings. The van der Waals surface area contributed by atoms with Gasteiger partial charge >= 0.3 is 169 Å². The Morgan fingerprint density at radius 2 is 1.81 bits per heavy atom. The SMILES string of the molecule is COc1ccc(/C=C(\C)C(=O)c2cc(OC)c(OC)c([Se]C)c2)c(Br)c1. The molecule has 0 aliphatic rings. The number of allylic oxidation sites excluding steroid dienone is 1. The molecule has 0 aliphatic carbocycles. The first-order chi connectivity index (χ1) is 12.4. The van der Waals surface area contributed by atoms with Crippen molar-refractivity contribution in [2.45, 2.75) is 12.7 Å². The van der Waals surface area contributed by atoms with Crippen LogP contribution >= 0.6 is 15.9 Å². The normalized spacial score (nSPS) is 11.2. The molecule has 2 rings (SSSR count). The molecular formula is C20H21BrO4Se. The molecule has 138 valence electrons. The summed E-state index contributed by atoms with van der Waals surface area (Å²) in [6.45, 7) is 1.81. The van der Waals surface area contributed by atoms with Crippen molar-refractivity contribution in [3.8, 4) is 17.2 Å². The summed E-state index contributed by atoms with van der Waals surface area (Å²) in [7, 11) is 4.81. The third-order valence-corrected chi connectivity index (χ3v) is 6.11. The first-order valence-corrected chi connectivity index (χ1v) is 11.2. The van der Waals surface area contributed by atoms with E-state index in [1.165, 1.54) is 0 Å². The molecule has 0 heterocycles. The predicted molar refractivity (Wildman–Crippen MR) is 109 cm³/mol. The topological polar surface area (TPSA) is 44.8 Å². The van der Waals surface area contributed by atoms with Gasteiger partial charge in [0.05, 0.1) is 0 Å². The summed E-state index contributed by atoms with van der Waals surface area (Å²) in [6.07, 6.45) is 1.86. The monoisotopic (exact) mass is 484 g/mol. The summed E-state index contributed by atoms with van der Waals surface area (Å²) in [6, 6.07) is 9.27. The molecule has 0 N–H and O–H groups in total. The standard InChI is InChI=1S/C20H21BrO4Se/c1-12(8-13-6-7-15(23-2)11-16(13)21)19(22)14-9-17(24-3)20(25-4)18(10-14)26-5/h6-11H,1-5H3/b12-8+. The number of Topliss-reactive ketones (excluding diaryl/α,β-unsaturated/α-hetero) is 1. The second kappa shape index (κ2) is 9.26. The molecule has 0 amide bonds. The molecule has 0 saturated heterocycles. The summed E-state index contributed by atoms with van der Waals surface area (Å²) < 4.78 is 17.9. The Balaban J connectivity index is 2.41. The quantitative estimate of drug-likeness (QED) is 0.337. The summed E-state index contributed by atoms with van der Waals surface area (Å²) in [4.78, 5) is 12.9. The van der Waals surface area contributed by atoms with Crippen molar-refractivity contribution in [1.29, 1.82) is 0 Å². The molecule has 0 atom stereocenters. The molecule has 4 nitrogen and oxygen atoms in total. The van der Waals surface area contributed by atoms with Gasteiger partial charge in [-0.1, -0.05) is 0 Å². The van der Waals surface area contributed by atoms with Gasteiger partial charge in [-0.2, -0.15) is 0 Å². The van der Waals surface area contributed by atoms with Crippen molar-refractivity contribution < 1.29 is 19.0 Å². The molecule has 0 saturated carbocycles. The van der Waals surface area contributed by atoms with E-state index in [9.17, 15) is 4.79 Å². The molecule has 6 heteroatoms. The van der Waals surface area contributed by atoms with Crippen LogP contribution in [0, 0.1) is 0 Å². The number of carbonyl (C=O) groups is 1. The van der Waals surface area contributed by atoms with E-state index in [2.05, 4.69) is 21.8 Å². The maximum absolute atomic E-state index is 12.9. The Hall–Kier alpha value is -1.75. The van der Waals surface area contributed by atoms with Gasteiger partial charge in [0, 0.05) is 0 Å². The van der Waals surface area contributed by atoms with Gasteiger partial charge in [0.1, 0.15) is 0 Å². The molecule has 26 heavy (non-hydrogen) atoms. The zero-order chi connectivity index (χ0) is 19.3. The van der Waals surface area contributed by atoms with Crippen molar-refractivity contribution in [3.63, 3.8) is 0 Å². The molecule has 0 unspecified atom stereocenters. The van der Waals surface area contributed by atoms with Crippen LogP contribution in [-0.2, 0) is 0 Å². The molecule has 0 spiro atoms. The van der Waals surface area contributed by atoms with Gasteiger partial charge in [0.2, 0.25) is 0 Å². The summed E-state index contributed by atoms with van der Waals surface area (Å²) in [5.74, 6) is 4.07. The Morgan fingerprint density at radius 3 is 2.35 bits per heavy atom. The van der Waals surface area contributed by atoms with Gasteiger partial charge < -0.3 is 0 Å². The van der Waals surface area contributed by atoms with Crippen LogP contribution in [0.4, 0.5) is 0 Å². The summed E-state index contributed by atoms with van der Waals surface area (Å²) in [5.41, 5.74) is 2.15. The number of benzene rings is 2. The molecule has 0 radical (unpaired) electrons. The van der Waals surface area contributed by atoms with E-state index < -0.39 is 0 Å². The number of ketones is 1. The van der Waals surface area contributed by atoms with Gasteiger partial charge in [0.15, 0.2) is 0 Å². The molecule has 0 aromatic heterocycles. The molecule has 2 aromatic carbocycles. The molecule has 0 aliphatic heterocycles. The van der Waals surface area contributed by atoms with Gasteiger partial charge in [-0.25, -0.2) is 0 Å². The minimum absolute atomic E-state index is 0.0424. The van der Waals surface area contributed by atoms with E-state index >= 15 is 0 Å². The van der Waals surface area contributed by atoms with Crippen LogP contribution in [0.5, 0.6) is 17.2 Å². The Labute approximate surface area is 168 Å². The number of ether oxygens (including phenoxy) is 3. The molecule has 0 fully saturated rings. The van der Waals surface area contributed by atoms with Crippen molar-refractivity contribution >= 4 is 47.2 Å². The Morgan fingerprint density at radius 1 is 1.08 bits per heavy atom. The third kappa shape index (κ3) is 4.50. The summed E-state index contributed by atoms with van der Waals surface area (Å²) in [5, 5.41) is 0. The van der Waals surface area contributed by atoms with Gasteiger partial charge in [-0.3, -0.25) is 0 Å². The Kier molecular flexibility index (Phi) is 7.32. The van der Waals surface area contributed by atoms with Gasteiger partial charge in [0.25, 0.3) is 0 Å². The number of methoxy groups -OCH3 is 3. The predicted octanol–water partition coefficient (Wildman–Crippen LogP) is 4.14. The number of hydrogen-bond donors (Lipinski definition) is 0. The fourth-order valence-electron chi connectivity index (χ4n) is 2.49. The van der Waals surface area contributed by atoms with E-state index in [-0.39, 0.29) is 20.7 Å².